The second-order valence-electron chi connectivity index (χ2n) is 12.0. The number of carbonyl (C=O) groups excluding carboxylic acids is 2. The van der Waals surface area contributed by atoms with Gasteiger partial charge in [-0.15, -0.1) is 0 Å². The zero-order valence-corrected chi connectivity index (χ0v) is 24.5. The van der Waals surface area contributed by atoms with Gasteiger partial charge < -0.3 is 14.8 Å². The third-order valence-corrected chi connectivity index (χ3v) is 7.83. The lowest BCUT2D eigenvalue weighted by Crippen LogP contribution is -2.39. The number of nitrogens with zero attached hydrogens (tertiary/aromatic N) is 1. The van der Waals surface area contributed by atoms with Gasteiger partial charge in [-0.3, -0.25) is 9.89 Å². The van der Waals surface area contributed by atoms with Crippen LogP contribution < -0.4 is 5.32 Å². The highest BCUT2D eigenvalue weighted by atomic mass is 16.5. The molecule has 1 aliphatic carbocycles. The molecule has 210 valence electrons. The monoisotopic (exact) mass is 541 g/mol. The SMILES string of the molecule is CCOC(=O)C1=C(COC(C)(C)C)NC2=C(C(=O)CC(c3c(C)cc(C)cc3C)C2)C1c1cccc2[nH]ncc12. The zero-order chi connectivity index (χ0) is 28.8. The van der Waals surface area contributed by atoms with Crippen LogP contribution in [0.1, 0.15) is 80.2 Å². The lowest BCUT2D eigenvalue weighted by atomic mass is 9.70. The van der Waals surface area contributed by atoms with Crippen LogP contribution in [0.4, 0.5) is 0 Å². The number of carbonyl (C=O) groups is 2. The molecule has 1 aromatic heterocycles. The number of aryl methyl sites for hydroxylation is 3. The van der Waals surface area contributed by atoms with Crippen LogP contribution in [-0.2, 0) is 19.1 Å². The Morgan fingerprint density at radius 1 is 1.10 bits per heavy atom. The Bertz CT molecular complexity index is 1530. The van der Waals surface area contributed by atoms with E-state index < -0.39 is 17.5 Å². The van der Waals surface area contributed by atoms with E-state index in [1.54, 1.807) is 13.1 Å². The van der Waals surface area contributed by atoms with E-state index in [-0.39, 0.29) is 24.9 Å². The molecule has 0 saturated heterocycles. The van der Waals surface area contributed by atoms with Gasteiger partial charge in [-0.1, -0.05) is 29.8 Å². The van der Waals surface area contributed by atoms with Crippen molar-refractivity contribution >= 4 is 22.7 Å². The Morgan fingerprint density at radius 3 is 2.50 bits per heavy atom. The van der Waals surface area contributed by atoms with Gasteiger partial charge in [0.15, 0.2) is 5.78 Å². The number of fused-ring (bicyclic) bond motifs is 1. The molecule has 2 N–H and O–H groups in total. The number of nitrogens with one attached hydrogen (secondary N) is 2. The first kappa shape index (κ1) is 27.8. The summed E-state index contributed by atoms with van der Waals surface area (Å²) in [6.07, 6.45) is 2.81. The predicted octanol–water partition coefficient (Wildman–Crippen LogP) is 6.21. The third-order valence-electron chi connectivity index (χ3n) is 7.83. The summed E-state index contributed by atoms with van der Waals surface area (Å²) in [5.41, 5.74) is 8.68. The van der Waals surface area contributed by atoms with Crippen molar-refractivity contribution in [2.75, 3.05) is 13.2 Å². The lowest BCUT2D eigenvalue weighted by molar-refractivity contribution is -0.139. The van der Waals surface area contributed by atoms with Crippen LogP contribution in [0, 0.1) is 20.8 Å². The Kier molecular flexibility index (Phi) is 7.44. The number of aromatic nitrogens is 2. The number of allylic oxidation sites excluding steroid dienone is 2. The summed E-state index contributed by atoms with van der Waals surface area (Å²) >= 11 is 0. The van der Waals surface area contributed by atoms with E-state index in [9.17, 15) is 9.59 Å². The van der Waals surface area contributed by atoms with Gasteiger partial charge in [0, 0.05) is 29.0 Å². The largest absolute Gasteiger partial charge is 0.463 e. The maximum Gasteiger partial charge on any atom is 0.336 e. The summed E-state index contributed by atoms with van der Waals surface area (Å²) in [4.78, 5) is 27.8. The van der Waals surface area contributed by atoms with Crippen molar-refractivity contribution in [3.8, 4) is 0 Å². The molecule has 5 rings (SSSR count). The summed E-state index contributed by atoms with van der Waals surface area (Å²) in [6, 6.07) is 10.2. The van der Waals surface area contributed by atoms with E-state index in [4.69, 9.17) is 9.47 Å². The van der Waals surface area contributed by atoms with E-state index in [1.807, 2.05) is 39.0 Å². The fourth-order valence-corrected chi connectivity index (χ4v) is 6.40. The highest BCUT2D eigenvalue weighted by Gasteiger charge is 2.43. The molecule has 7 heteroatoms. The van der Waals surface area contributed by atoms with Gasteiger partial charge in [0.1, 0.15) is 0 Å². The van der Waals surface area contributed by atoms with Crippen molar-refractivity contribution in [2.45, 2.75) is 78.7 Å². The molecule has 3 aromatic rings. The molecule has 40 heavy (non-hydrogen) atoms. The van der Waals surface area contributed by atoms with E-state index in [2.05, 4.69) is 48.4 Å². The average Bonchev–Trinajstić information content (AvgIpc) is 3.35. The van der Waals surface area contributed by atoms with Crippen molar-refractivity contribution < 1.29 is 19.1 Å². The Hall–Kier alpha value is -3.71. The topological polar surface area (TPSA) is 93.3 Å². The van der Waals surface area contributed by atoms with Crippen LogP contribution in [0.25, 0.3) is 10.9 Å². The standard InChI is InChI=1S/C33H39N3O4/c1-8-39-32(38)31-26(17-40-33(5,6)7)35-25-14-21(28-19(3)12-18(2)13-20(28)4)15-27(37)30(25)29(31)22-10-9-11-24-23(22)16-34-36-24/h9-13,16,21,29,35H,8,14-15,17H2,1-7H3,(H,34,36). The highest BCUT2D eigenvalue weighted by molar-refractivity contribution is 6.05. The minimum absolute atomic E-state index is 0.0404. The van der Waals surface area contributed by atoms with E-state index in [1.165, 1.54) is 22.3 Å². The Labute approximate surface area is 236 Å². The number of ether oxygens (including phenoxy) is 2. The lowest BCUT2D eigenvalue weighted by Gasteiger charge is -2.38. The van der Waals surface area contributed by atoms with Gasteiger partial charge in [0.05, 0.1) is 41.8 Å². The molecule has 0 fully saturated rings. The smallest absolute Gasteiger partial charge is 0.336 e. The number of dihydropyridines is 1. The molecular formula is C33H39N3O4. The molecule has 0 saturated carbocycles. The van der Waals surface area contributed by atoms with E-state index in [0.717, 1.165) is 22.2 Å². The minimum atomic E-state index is -0.594. The van der Waals surface area contributed by atoms with Crippen molar-refractivity contribution in [2.24, 2.45) is 0 Å². The molecule has 1 aliphatic heterocycles. The summed E-state index contributed by atoms with van der Waals surface area (Å²) < 4.78 is 11.8. The van der Waals surface area contributed by atoms with Gasteiger partial charge in [-0.25, -0.2) is 4.79 Å². The van der Waals surface area contributed by atoms with Crippen molar-refractivity contribution in [1.29, 1.82) is 0 Å². The Balaban J connectivity index is 1.69. The first-order valence-corrected chi connectivity index (χ1v) is 14.1. The molecule has 0 bridgehead atoms. The third kappa shape index (κ3) is 5.22. The van der Waals surface area contributed by atoms with E-state index >= 15 is 0 Å². The van der Waals surface area contributed by atoms with Crippen molar-refractivity contribution in [3.05, 3.63) is 86.9 Å². The summed E-state index contributed by atoms with van der Waals surface area (Å²) in [7, 11) is 0. The van der Waals surface area contributed by atoms with Gasteiger partial charge in [-0.05, 0) is 89.1 Å². The number of H-pyrrole nitrogens is 1. The zero-order valence-electron chi connectivity index (χ0n) is 24.5. The van der Waals surface area contributed by atoms with Crippen LogP contribution in [-0.4, -0.2) is 40.8 Å². The molecule has 2 atom stereocenters. The molecule has 2 heterocycles. The van der Waals surface area contributed by atoms with Gasteiger partial charge in [0.2, 0.25) is 0 Å². The van der Waals surface area contributed by atoms with Gasteiger partial charge in [0.25, 0.3) is 0 Å². The average molecular weight is 542 g/mol. The maximum atomic E-state index is 14.2. The molecular weight excluding hydrogens is 502 g/mol. The molecule has 0 radical (unpaired) electrons. The second-order valence-corrected chi connectivity index (χ2v) is 12.0. The van der Waals surface area contributed by atoms with Crippen LogP contribution in [0.15, 0.2) is 59.1 Å². The number of benzene rings is 2. The number of Topliss-reactive ketones (excluding diaryl/α,β-unsaturated/α-hetero) is 1. The number of rotatable bonds is 6. The molecule has 7 nitrogen and oxygen atoms in total. The predicted molar refractivity (Wildman–Crippen MR) is 156 cm³/mol. The first-order chi connectivity index (χ1) is 19.0. The number of aromatic amines is 1. The van der Waals surface area contributed by atoms with Crippen LogP contribution in [0.5, 0.6) is 0 Å². The summed E-state index contributed by atoms with van der Waals surface area (Å²) in [5, 5.41) is 11.7. The maximum absolute atomic E-state index is 14.2. The van der Waals surface area contributed by atoms with Gasteiger partial charge >= 0.3 is 5.97 Å². The van der Waals surface area contributed by atoms with E-state index in [0.29, 0.717) is 29.7 Å². The fourth-order valence-electron chi connectivity index (χ4n) is 6.40. The normalized spacial score (nSPS) is 19.6. The highest BCUT2D eigenvalue weighted by Crippen LogP contribution is 2.48. The molecule has 2 aliphatic rings. The quantitative estimate of drug-likeness (QED) is 0.361. The summed E-state index contributed by atoms with van der Waals surface area (Å²) in [6.45, 7) is 14.5. The van der Waals surface area contributed by atoms with Crippen LogP contribution in [0.3, 0.4) is 0 Å². The second kappa shape index (κ2) is 10.7. The Morgan fingerprint density at radius 2 is 1.82 bits per heavy atom. The number of ketones is 1. The van der Waals surface area contributed by atoms with Crippen molar-refractivity contribution in [3.63, 3.8) is 0 Å². The minimum Gasteiger partial charge on any atom is -0.463 e. The first-order valence-electron chi connectivity index (χ1n) is 14.1. The number of hydrogen-bond donors (Lipinski definition) is 2. The molecule has 2 aromatic carbocycles. The summed E-state index contributed by atoms with van der Waals surface area (Å²) in [5.74, 6) is -0.955. The van der Waals surface area contributed by atoms with Crippen molar-refractivity contribution in [1.82, 2.24) is 15.5 Å². The molecule has 2 unspecified atom stereocenters. The molecule has 0 amide bonds. The van der Waals surface area contributed by atoms with Crippen LogP contribution in [0.2, 0.25) is 0 Å². The number of hydrogen-bond acceptors (Lipinski definition) is 6. The van der Waals surface area contributed by atoms with Gasteiger partial charge in [-0.2, -0.15) is 5.10 Å². The fraction of sp³-hybridized carbons (Fsp3) is 0.424. The van der Waals surface area contributed by atoms with Crippen LogP contribution >= 0.6 is 0 Å². The number of esters is 1. The molecule has 0 spiro atoms.